The van der Waals surface area contributed by atoms with Crippen molar-refractivity contribution in [2.75, 3.05) is 33.2 Å². The average molecular weight is 472 g/mol. The van der Waals surface area contributed by atoms with E-state index >= 15 is 0 Å². The van der Waals surface area contributed by atoms with Crippen molar-refractivity contribution >= 4 is 5.57 Å². The van der Waals surface area contributed by atoms with Crippen molar-refractivity contribution in [3.05, 3.63) is 94.7 Å². The van der Waals surface area contributed by atoms with Crippen LogP contribution < -0.4 is 5.32 Å². The Morgan fingerprint density at radius 1 is 1.17 bits per heavy atom. The third-order valence-electron chi connectivity index (χ3n) is 6.86. The number of nitrogens with one attached hydrogen (secondary N) is 1. The third-order valence-corrected chi connectivity index (χ3v) is 6.86. The van der Waals surface area contributed by atoms with Gasteiger partial charge in [-0.2, -0.15) is 14.7 Å². The third kappa shape index (κ3) is 5.68. The van der Waals surface area contributed by atoms with Crippen molar-refractivity contribution in [3.63, 3.8) is 0 Å². The van der Waals surface area contributed by atoms with E-state index in [1.807, 2.05) is 23.3 Å². The standard InChI is InChI=1S/C28H30FN5O/c1-33-11-8-22-15-23(21-5-2-4-20(14-21)17-30)16-27(26(22)18-33)31-24-9-12-34(13-10-24)35-19-25-6-3-7-28(29)32-25/h2-8,14-16,24,26,31H,9-13,18-19H2,1H3. The molecule has 5 rings (SSSR count). The van der Waals surface area contributed by atoms with Gasteiger partial charge in [0.05, 0.1) is 17.3 Å². The maximum atomic E-state index is 13.3. The summed E-state index contributed by atoms with van der Waals surface area (Å²) in [5, 5.41) is 15.1. The molecular weight excluding hydrogens is 441 g/mol. The van der Waals surface area contributed by atoms with Gasteiger partial charge in [0.25, 0.3) is 0 Å². The van der Waals surface area contributed by atoms with Crippen LogP contribution in [-0.4, -0.2) is 54.2 Å². The van der Waals surface area contributed by atoms with Gasteiger partial charge in [0.2, 0.25) is 5.95 Å². The summed E-state index contributed by atoms with van der Waals surface area (Å²) in [6.45, 7) is 3.81. The van der Waals surface area contributed by atoms with Crippen molar-refractivity contribution in [1.82, 2.24) is 20.3 Å². The first-order valence-electron chi connectivity index (χ1n) is 12.2. The molecule has 3 aliphatic rings. The highest BCUT2D eigenvalue weighted by Gasteiger charge is 2.29. The lowest BCUT2D eigenvalue weighted by Crippen LogP contribution is -2.45. The molecule has 0 bridgehead atoms. The second-order valence-corrected chi connectivity index (χ2v) is 9.44. The predicted octanol–water partition coefficient (Wildman–Crippen LogP) is 4.05. The maximum Gasteiger partial charge on any atom is 0.213 e. The van der Waals surface area contributed by atoms with Crippen LogP contribution in [0.3, 0.4) is 0 Å². The number of nitrogens with zero attached hydrogens (tertiary/aromatic N) is 4. The van der Waals surface area contributed by atoms with Gasteiger partial charge < -0.3 is 10.2 Å². The van der Waals surface area contributed by atoms with Crippen molar-refractivity contribution in [2.45, 2.75) is 25.5 Å². The zero-order valence-electron chi connectivity index (χ0n) is 20.0. The number of hydroxylamine groups is 2. The molecule has 1 aromatic carbocycles. The summed E-state index contributed by atoms with van der Waals surface area (Å²) in [6, 6.07) is 15.2. The van der Waals surface area contributed by atoms with Gasteiger partial charge in [-0.25, -0.2) is 4.98 Å². The Hall–Kier alpha value is -3.31. The molecule has 180 valence electrons. The average Bonchev–Trinajstić information content (AvgIpc) is 2.88. The van der Waals surface area contributed by atoms with Gasteiger partial charge in [0, 0.05) is 43.8 Å². The molecular formula is C28H30FN5O. The second-order valence-electron chi connectivity index (χ2n) is 9.44. The van der Waals surface area contributed by atoms with Crippen LogP contribution in [0.1, 0.15) is 29.7 Å². The van der Waals surface area contributed by atoms with Crippen molar-refractivity contribution in [2.24, 2.45) is 5.92 Å². The SMILES string of the molecule is CN1CC=C2C=C(c3cccc(C#N)c3)C=C(NC3CCN(OCc4cccc(F)n4)CC3)C2C1. The largest absolute Gasteiger partial charge is 0.385 e. The normalized spacial score (nSPS) is 21.4. The molecule has 35 heavy (non-hydrogen) atoms. The fourth-order valence-electron chi connectivity index (χ4n) is 4.95. The number of fused-ring (bicyclic) bond motifs is 1. The van der Waals surface area contributed by atoms with Crippen LogP contribution in [0.2, 0.25) is 0 Å². The summed E-state index contributed by atoms with van der Waals surface area (Å²) >= 11 is 0. The van der Waals surface area contributed by atoms with Crippen LogP contribution in [0.15, 0.2) is 72.0 Å². The molecule has 0 amide bonds. The van der Waals surface area contributed by atoms with E-state index in [2.05, 4.69) is 52.6 Å². The minimum absolute atomic E-state index is 0.277. The zero-order valence-corrected chi connectivity index (χ0v) is 20.0. The van der Waals surface area contributed by atoms with Gasteiger partial charge in [-0.3, -0.25) is 4.84 Å². The summed E-state index contributed by atoms with van der Waals surface area (Å²) in [4.78, 5) is 12.1. The molecule has 1 aliphatic carbocycles. The first-order chi connectivity index (χ1) is 17.1. The Bertz CT molecular complexity index is 1210. The van der Waals surface area contributed by atoms with Crippen molar-refractivity contribution < 1.29 is 9.23 Å². The van der Waals surface area contributed by atoms with Gasteiger partial charge >= 0.3 is 0 Å². The highest BCUT2D eigenvalue weighted by molar-refractivity contribution is 5.79. The summed E-state index contributed by atoms with van der Waals surface area (Å²) < 4.78 is 13.3. The van der Waals surface area contributed by atoms with Gasteiger partial charge in [0.1, 0.15) is 6.61 Å². The van der Waals surface area contributed by atoms with E-state index in [0.29, 0.717) is 23.2 Å². The molecule has 1 atom stereocenters. The number of halogens is 1. The summed E-state index contributed by atoms with van der Waals surface area (Å²) in [5.41, 5.74) is 6.06. The molecule has 1 saturated heterocycles. The summed E-state index contributed by atoms with van der Waals surface area (Å²) in [7, 11) is 2.16. The van der Waals surface area contributed by atoms with E-state index in [9.17, 15) is 9.65 Å². The number of rotatable bonds is 6. The zero-order chi connectivity index (χ0) is 24.2. The van der Waals surface area contributed by atoms with E-state index in [1.54, 1.807) is 12.1 Å². The smallest absolute Gasteiger partial charge is 0.213 e. The number of hydrogen-bond donors (Lipinski definition) is 1. The summed E-state index contributed by atoms with van der Waals surface area (Å²) in [5.74, 6) is -0.158. The molecule has 2 aromatic rings. The lowest BCUT2D eigenvalue weighted by atomic mass is 9.83. The number of pyridine rings is 1. The molecule has 1 fully saturated rings. The monoisotopic (exact) mass is 471 g/mol. The highest BCUT2D eigenvalue weighted by Crippen LogP contribution is 2.35. The first kappa shape index (κ1) is 23.4. The number of nitriles is 1. The molecule has 6 nitrogen and oxygen atoms in total. The minimum Gasteiger partial charge on any atom is -0.385 e. The maximum absolute atomic E-state index is 13.3. The highest BCUT2D eigenvalue weighted by atomic mass is 19.1. The Kier molecular flexibility index (Phi) is 7.05. The first-order valence-corrected chi connectivity index (χ1v) is 12.2. The van der Waals surface area contributed by atoms with Gasteiger partial charge in [0.15, 0.2) is 0 Å². The van der Waals surface area contributed by atoms with Crippen molar-refractivity contribution in [1.29, 1.82) is 5.26 Å². The molecule has 2 aliphatic heterocycles. The molecule has 1 aromatic heterocycles. The number of piperidine rings is 1. The molecule has 0 saturated carbocycles. The fraction of sp³-hybridized carbons (Fsp3) is 0.357. The van der Waals surface area contributed by atoms with E-state index in [-0.39, 0.29) is 6.61 Å². The molecule has 1 unspecified atom stereocenters. The number of hydrogen-bond acceptors (Lipinski definition) is 6. The predicted molar refractivity (Wildman–Crippen MR) is 133 cm³/mol. The van der Waals surface area contributed by atoms with Gasteiger partial charge in [-0.05, 0) is 66.9 Å². The van der Waals surface area contributed by atoms with Crippen LogP contribution in [0.25, 0.3) is 5.57 Å². The molecule has 1 N–H and O–H groups in total. The summed E-state index contributed by atoms with van der Waals surface area (Å²) in [6.07, 6.45) is 8.76. The van der Waals surface area contributed by atoms with Gasteiger partial charge in [-0.1, -0.05) is 30.4 Å². The van der Waals surface area contributed by atoms with E-state index in [4.69, 9.17) is 4.84 Å². The van der Waals surface area contributed by atoms with Crippen LogP contribution in [0, 0.1) is 23.2 Å². The van der Waals surface area contributed by atoms with Crippen LogP contribution in [0.4, 0.5) is 4.39 Å². The fourth-order valence-corrected chi connectivity index (χ4v) is 4.95. The van der Waals surface area contributed by atoms with E-state index in [1.165, 1.54) is 17.3 Å². The lowest BCUT2D eigenvalue weighted by Gasteiger charge is -2.38. The number of aromatic nitrogens is 1. The number of likely N-dealkylation sites (N-methyl/N-ethyl adjacent to an activating group) is 1. The minimum atomic E-state index is -0.482. The Morgan fingerprint density at radius 3 is 2.80 bits per heavy atom. The molecule has 3 heterocycles. The van der Waals surface area contributed by atoms with E-state index < -0.39 is 5.95 Å². The van der Waals surface area contributed by atoms with Crippen LogP contribution >= 0.6 is 0 Å². The Balaban J connectivity index is 1.25. The number of allylic oxidation sites excluding steroid dienone is 3. The Morgan fingerprint density at radius 2 is 2.00 bits per heavy atom. The quantitative estimate of drug-likeness (QED) is 0.642. The second kappa shape index (κ2) is 10.5. The molecule has 0 spiro atoms. The van der Waals surface area contributed by atoms with E-state index in [0.717, 1.165) is 50.2 Å². The van der Waals surface area contributed by atoms with Crippen LogP contribution in [-0.2, 0) is 11.4 Å². The molecule has 7 heteroatoms. The topological polar surface area (TPSA) is 64.4 Å². The van der Waals surface area contributed by atoms with Crippen molar-refractivity contribution in [3.8, 4) is 6.07 Å². The number of benzene rings is 1. The lowest BCUT2D eigenvalue weighted by molar-refractivity contribution is -0.181. The Labute approximate surface area is 206 Å². The van der Waals surface area contributed by atoms with Gasteiger partial charge in [-0.15, -0.1) is 0 Å². The van der Waals surface area contributed by atoms with Crippen LogP contribution in [0.5, 0.6) is 0 Å². The molecule has 0 radical (unpaired) electrons.